The van der Waals surface area contributed by atoms with Crippen LogP contribution in [0, 0.1) is 0 Å². The van der Waals surface area contributed by atoms with Crippen LogP contribution < -0.4 is 5.32 Å². The van der Waals surface area contributed by atoms with Crippen LogP contribution in [0.4, 0.5) is 0 Å². The molecule has 1 aromatic carbocycles. The molecule has 0 unspecified atom stereocenters. The van der Waals surface area contributed by atoms with E-state index in [1.807, 2.05) is 11.3 Å². The third-order valence-electron chi connectivity index (χ3n) is 2.67. The fourth-order valence-corrected chi connectivity index (χ4v) is 3.56. The largest absolute Gasteiger partial charge is 0.312 e. The summed E-state index contributed by atoms with van der Waals surface area (Å²) in [6.45, 7) is 1.97. The van der Waals surface area contributed by atoms with Crippen LogP contribution in [0.2, 0.25) is 0 Å². The van der Waals surface area contributed by atoms with Crippen LogP contribution in [-0.2, 0) is 13.0 Å². The van der Waals surface area contributed by atoms with Crippen molar-refractivity contribution in [3.05, 3.63) is 50.6 Å². The van der Waals surface area contributed by atoms with E-state index in [9.17, 15) is 0 Å². The van der Waals surface area contributed by atoms with Gasteiger partial charge in [-0.15, -0.1) is 23.1 Å². The molecule has 2 aromatic rings. The zero-order valence-electron chi connectivity index (χ0n) is 10.3. The van der Waals surface area contributed by atoms with Crippen molar-refractivity contribution in [3.63, 3.8) is 0 Å². The predicted molar refractivity (Wildman–Crippen MR) is 85.7 cm³/mol. The Hall–Kier alpha value is -0.290. The molecule has 4 heteroatoms. The van der Waals surface area contributed by atoms with Gasteiger partial charge in [-0.1, -0.05) is 12.1 Å². The van der Waals surface area contributed by atoms with Crippen LogP contribution >= 0.6 is 39.0 Å². The number of thioether (sulfide) groups is 1. The molecule has 0 atom stereocenters. The minimum absolute atomic E-state index is 0.946. The molecule has 0 saturated carbocycles. The molecular formula is C14H16BrNS2. The molecular weight excluding hydrogens is 326 g/mol. The van der Waals surface area contributed by atoms with Gasteiger partial charge in [0.1, 0.15) is 0 Å². The van der Waals surface area contributed by atoms with Crippen LogP contribution in [0.25, 0.3) is 0 Å². The van der Waals surface area contributed by atoms with E-state index in [0.717, 1.165) is 19.5 Å². The van der Waals surface area contributed by atoms with E-state index in [0.29, 0.717) is 0 Å². The quantitative estimate of drug-likeness (QED) is 0.610. The molecule has 0 radical (unpaired) electrons. The normalized spacial score (nSPS) is 10.8. The zero-order chi connectivity index (χ0) is 12.8. The van der Waals surface area contributed by atoms with E-state index in [1.54, 1.807) is 11.8 Å². The van der Waals surface area contributed by atoms with Gasteiger partial charge in [0.2, 0.25) is 0 Å². The van der Waals surface area contributed by atoms with Crippen molar-refractivity contribution in [2.75, 3.05) is 12.8 Å². The van der Waals surface area contributed by atoms with Crippen LogP contribution in [0.1, 0.15) is 10.4 Å². The van der Waals surface area contributed by atoms with Crippen molar-refractivity contribution in [2.45, 2.75) is 17.9 Å². The lowest BCUT2D eigenvalue weighted by Crippen LogP contribution is -2.16. The van der Waals surface area contributed by atoms with Gasteiger partial charge in [0.15, 0.2) is 0 Å². The average Bonchev–Trinajstić information content (AvgIpc) is 2.81. The van der Waals surface area contributed by atoms with Crippen molar-refractivity contribution < 1.29 is 0 Å². The second-order valence-electron chi connectivity index (χ2n) is 3.98. The first-order valence-electron chi connectivity index (χ1n) is 5.86. The minimum atomic E-state index is 0.946. The maximum Gasteiger partial charge on any atom is 0.0701 e. The fraction of sp³-hybridized carbons (Fsp3) is 0.286. The molecule has 2 rings (SSSR count). The summed E-state index contributed by atoms with van der Waals surface area (Å²) in [6, 6.07) is 13.0. The maximum atomic E-state index is 3.49. The molecule has 1 heterocycles. The number of hydrogen-bond donors (Lipinski definition) is 1. The van der Waals surface area contributed by atoms with Crippen LogP contribution in [0.15, 0.2) is 45.1 Å². The lowest BCUT2D eigenvalue weighted by Gasteiger charge is -2.04. The van der Waals surface area contributed by atoms with Gasteiger partial charge < -0.3 is 5.32 Å². The second-order valence-corrected chi connectivity index (χ2v) is 7.41. The Balaban J connectivity index is 1.71. The zero-order valence-corrected chi connectivity index (χ0v) is 13.5. The number of benzene rings is 1. The minimum Gasteiger partial charge on any atom is -0.312 e. The summed E-state index contributed by atoms with van der Waals surface area (Å²) in [7, 11) is 0. The summed E-state index contributed by atoms with van der Waals surface area (Å²) < 4.78 is 1.21. The van der Waals surface area contributed by atoms with Gasteiger partial charge in [-0.3, -0.25) is 0 Å². The molecule has 0 amide bonds. The van der Waals surface area contributed by atoms with Gasteiger partial charge in [0, 0.05) is 22.9 Å². The summed E-state index contributed by atoms with van der Waals surface area (Å²) in [5.74, 6) is 0. The molecule has 0 fully saturated rings. The lowest BCUT2D eigenvalue weighted by atomic mass is 10.2. The third kappa shape index (κ3) is 4.43. The first-order valence-corrected chi connectivity index (χ1v) is 8.69. The van der Waals surface area contributed by atoms with Crippen molar-refractivity contribution in [1.82, 2.24) is 5.32 Å². The molecule has 0 bridgehead atoms. The standard InChI is InChI=1S/C14H16BrNS2/c1-17-12-4-2-11(3-5-12)10-16-9-8-13-6-7-14(15)18-13/h2-7,16H,8-10H2,1H3. The highest BCUT2D eigenvalue weighted by atomic mass is 79.9. The lowest BCUT2D eigenvalue weighted by molar-refractivity contribution is 0.690. The van der Waals surface area contributed by atoms with Crippen molar-refractivity contribution >= 4 is 39.0 Å². The fourth-order valence-electron chi connectivity index (χ4n) is 1.67. The predicted octanol–water partition coefficient (Wildman–Crippen LogP) is 4.56. The van der Waals surface area contributed by atoms with Gasteiger partial charge in [0.25, 0.3) is 0 Å². The molecule has 1 aromatic heterocycles. The topological polar surface area (TPSA) is 12.0 Å². The first kappa shape index (κ1) is 14.1. The van der Waals surface area contributed by atoms with E-state index in [-0.39, 0.29) is 0 Å². The van der Waals surface area contributed by atoms with Crippen molar-refractivity contribution in [3.8, 4) is 0 Å². The SMILES string of the molecule is CSc1ccc(CNCCc2ccc(Br)s2)cc1. The molecule has 1 nitrogen and oxygen atoms in total. The van der Waals surface area contributed by atoms with E-state index in [2.05, 4.69) is 63.9 Å². The van der Waals surface area contributed by atoms with E-state index < -0.39 is 0 Å². The maximum absolute atomic E-state index is 3.49. The number of thiophene rings is 1. The van der Waals surface area contributed by atoms with E-state index >= 15 is 0 Å². The second kappa shape index (κ2) is 7.34. The molecule has 1 N–H and O–H groups in total. The molecule has 0 aliphatic rings. The van der Waals surface area contributed by atoms with Gasteiger partial charge >= 0.3 is 0 Å². The Morgan fingerprint density at radius 1 is 1.17 bits per heavy atom. The summed E-state index contributed by atoms with van der Waals surface area (Å²) in [6.07, 6.45) is 3.20. The van der Waals surface area contributed by atoms with Gasteiger partial charge in [-0.05, 0) is 58.4 Å². The monoisotopic (exact) mass is 341 g/mol. The highest BCUT2D eigenvalue weighted by molar-refractivity contribution is 9.11. The Kier molecular flexibility index (Phi) is 5.76. The van der Waals surface area contributed by atoms with Crippen molar-refractivity contribution in [2.24, 2.45) is 0 Å². The summed E-state index contributed by atoms with van der Waals surface area (Å²) in [5, 5.41) is 3.48. The van der Waals surface area contributed by atoms with Gasteiger partial charge in [-0.25, -0.2) is 0 Å². The summed E-state index contributed by atoms with van der Waals surface area (Å²) >= 11 is 7.08. The molecule has 18 heavy (non-hydrogen) atoms. The van der Waals surface area contributed by atoms with Crippen LogP contribution in [0.3, 0.4) is 0 Å². The number of halogens is 1. The summed E-state index contributed by atoms with van der Waals surface area (Å²) in [5.41, 5.74) is 1.35. The average molecular weight is 342 g/mol. The smallest absolute Gasteiger partial charge is 0.0701 e. The first-order chi connectivity index (χ1) is 8.78. The highest BCUT2D eigenvalue weighted by Gasteiger charge is 1.98. The van der Waals surface area contributed by atoms with E-state index in [4.69, 9.17) is 0 Å². The molecule has 0 aliphatic heterocycles. The number of hydrogen-bond acceptors (Lipinski definition) is 3. The van der Waals surface area contributed by atoms with Gasteiger partial charge in [-0.2, -0.15) is 0 Å². The Labute approximate surface area is 125 Å². The van der Waals surface area contributed by atoms with E-state index in [1.165, 1.54) is 19.1 Å². The Morgan fingerprint density at radius 2 is 1.94 bits per heavy atom. The molecule has 0 spiro atoms. The number of rotatable bonds is 6. The van der Waals surface area contributed by atoms with Crippen LogP contribution in [0.5, 0.6) is 0 Å². The van der Waals surface area contributed by atoms with Crippen molar-refractivity contribution in [1.29, 1.82) is 0 Å². The summed E-state index contributed by atoms with van der Waals surface area (Å²) in [4.78, 5) is 2.74. The molecule has 0 saturated heterocycles. The molecule has 0 aliphatic carbocycles. The Bertz CT molecular complexity index is 479. The molecule has 96 valence electrons. The Morgan fingerprint density at radius 3 is 2.56 bits per heavy atom. The highest BCUT2D eigenvalue weighted by Crippen LogP contribution is 2.22. The van der Waals surface area contributed by atoms with Crippen LogP contribution in [-0.4, -0.2) is 12.8 Å². The third-order valence-corrected chi connectivity index (χ3v) is 5.09. The van der Waals surface area contributed by atoms with Gasteiger partial charge in [0.05, 0.1) is 3.79 Å². The number of nitrogens with one attached hydrogen (secondary N) is 1.